The number of amides is 1. The molecule has 0 fully saturated rings. The molecule has 0 saturated carbocycles. The molecule has 0 radical (unpaired) electrons. The molecule has 1 unspecified atom stereocenters. The van der Waals surface area contributed by atoms with E-state index in [0.29, 0.717) is 6.54 Å². The molecule has 0 saturated heterocycles. The molecule has 1 aromatic carbocycles. The number of benzene rings is 1. The van der Waals surface area contributed by atoms with Crippen LogP contribution in [0.1, 0.15) is 12.5 Å². The average Bonchev–Trinajstić information content (AvgIpc) is 2.22. The number of hydrogen-bond donors (Lipinski definition) is 2. The SMILES string of the molecule is CC(CN)NC(=O)Cc1ccc(F)cc1F. The van der Waals surface area contributed by atoms with Crippen LogP contribution in [0.5, 0.6) is 0 Å². The minimum atomic E-state index is -0.712. The first-order valence-corrected chi connectivity index (χ1v) is 4.96. The highest BCUT2D eigenvalue weighted by molar-refractivity contribution is 5.78. The van der Waals surface area contributed by atoms with Gasteiger partial charge in [0.1, 0.15) is 11.6 Å². The molecular formula is C11H14F2N2O. The number of hydrogen-bond acceptors (Lipinski definition) is 2. The summed E-state index contributed by atoms with van der Waals surface area (Å²) in [5, 5.41) is 2.60. The van der Waals surface area contributed by atoms with Crippen molar-refractivity contribution in [2.75, 3.05) is 6.54 Å². The number of carbonyl (C=O) groups is 1. The van der Waals surface area contributed by atoms with Crippen LogP contribution in [0, 0.1) is 11.6 Å². The van der Waals surface area contributed by atoms with Gasteiger partial charge in [-0.3, -0.25) is 4.79 Å². The van der Waals surface area contributed by atoms with Gasteiger partial charge >= 0.3 is 0 Å². The molecule has 88 valence electrons. The fourth-order valence-electron chi connectivity index (χ4n) is 1.22. The summed E-state index contributed by atoms with van der Waals surface area (Å²) in [6.45, 7) is 2.07. The van der Waals surface area contributed by atoms with E-state index in [1.165, 1.54) is 6.07 Å². The summed E-state index contributed by atoms with van der Waals surface area (Å²) >= 11 is 0. The Morgan fingerprint density at radius 2 is 2.19 bits per heavy atom. The van der Waals surface area contributed by atoms with Crippen molar-refractivity contribution >= 4 is 5.91 Å². The van der Waals surface area contributed by atoms with Crippen molar-refractivity contribution in [3.63, 3.8) is 0 Å². The van der Waals surface area contributed by atoms with Crippen molar-refractivity contribution in [3.05, 3.63) is 35.4 Å². The zero-order valence-corrected chi connectivity index (χ0v) is 8.97. The fraction of sp³-hybridized carbons (Fsp3) is 0.364. The third-order valence-electron chi connectivity index (χ3n) is 2.13. The van der Waals surface area contributed by atoms with Crippen LogP contribution in [0.2, 0.25) is 0 Å². The smallest absolute Gasteiger partial charge is 0.224 e. The summed E-state index contributed by atoms with van der Waals surface area (Å²) < 4.78 is 25.8. The predicted molar refractivity (Wildman–Crippen MR) is 56.7 cm³/mol. The molecule has 1 aromatic rings. The van der Waals surface area contributed by atoms with E-state index < -0.39 is 11.6 Å². The maximum atomic E-state index is 13.2. The van der Waals surface area contributed by atoms with E-state index in [2.05, 4.69) is 5.32 Å². The highest BCUT2D eigenvalue weighted by Crippen LogP contribution is 2.10. The van der Waals surface area contributed by atoms with E-state index in [1.54, 1.807) is 6.92 Å². The highest BCUT2D eigenvalue weighted by Gasteiger charge is 2.10. The molecule has 3 nitrogen and oxygen atoms in total. The van der Waals surface area contributed by atoms with Gasteiger partial charge in [0.2, 0.25) is 5.91 Å². The van der Waals surface area contributed by atoms with Crippen LogP contribution in [0.25, 0.3) is 0 Å². The standard InChI is InChI=1S/C11H14F2N2O/c1-7(6-14)15-11(16)4-8-2-3-9(12)5-10(8)13/h2-3,5,7H,4,6,14H2,1H3,(H,15,16). The van der Waals surface area contributed by atoms with Gasteiger partial charge in [-0.05, 0) is 18.6 Å². The van der Waals surface area contributed by atoms with E-state index >= 15 is 0 Å². The molecule has 0 bridgehead atoms. The zero-order chi connectivity index (χ0) is 12.1. The molecule has 0 aromatic heterocycles. The van der Waals surface area contributed by atoms with E-state index in [-0.39, 0.29) is 23.9 Å². The summed E-state index contributed by atoms with van der Waals surface area (Å²) in [7, 11) is 0. The van der Waals surface area contributed by atoms with Gasteiger partial charge in [0.15, 0.2) is 0 Å². The first kappa shape index (κ1) is 12.6. The Morgan fingerprint density at radius 1 is 1.50 bits per heavy atom. The summed E-state index contributed by atoms with van der Waals surface area (Å²) in [5.41, 5.74) is 5.49. The van der Waals surface area contributed by atoms with Crippen molar-refractivity contribution < 1.29 is 13.6 Å². The number of rotatable bonds is 4. The quantitative estimate of drug-likeness (QED) is 0.806. The minimum absolute atomic E-state index is 0.115. The lowest BCUT2D eigenvalue weighted by molar-refractivity contribution is -0.121. The van der Waals surface area contributed by atoms with Crippen molar-refractivity contribution in [2.24, 2.45) is 5.73 Å². The number of halogens is 2. The molecule has 0 heterocycles. The number of carbonyl (C=O) groups excluding carboxylic acids is 1. The zero-order valence-electron chi connectivity index (χ0n) is 8.97. The number of nitrogens with one attached hydrogen (secondary N) is 1. The second kappa shape index (κ2) is 5.55. The molecule has 0 spiro atoms. The molecule has 16 heavy (non-hydrogen) atoms. The highest BCUT2D eigenvalue weighted by atomic mass is 19.1. The van der Waals surface area contributed by atoms with Gasteiger partial charge in [-0.1, -0.05) is 6.07 Å². The molecule has 0 aliphatic rings. The van der Waals surface area contributed by atoms with Crippen molar-refractivity contribution in [1.29, 1.82) is 0 Å². The van der Waals surface area contributed by atoms with Crippen LogP contribution in [-0.2, 0) is 11.2 Å². The van der Waals surface area contributed by atoms with E-state index in [0.717, 1.165) is 12.1 Å². The Labute approximate surface area is 92.6 Å². The predicted octanol–water partition coefficient (Wildman–Crippen LogP) is 0.971. The van der Waals surface area contributed by atoms with Crippen LogP contribution >= 0.6 is 0 Å². The molecule has 0 aliphatic carbocycles. The van der Waals surface area contributed by atoms with Gasteiger partial charge in [0, 0.05) is 18.7 Å². The minimum Gasteiger partial charge on any atom is -0.352 e. The fourth-order valence-corrected chi connectivity index (χ4v) is 1.22. The maximum Gasteiger partial charge on any atom is 0.224 e. The third-order valence-corrected chi connectivity index (χ3v) is 2.13. The molecule has 0 aliphatic heterocycles. The molecular weight excluding hydrogens is 214 g/mol. The van der Waals surface area contributed by atoms with Crippen molar-refractivity contribution in [1.82, 2.24) is 5.32 Å². The van der Waals surface area contributed by atoms with E-state index in [1.807, 2.05) is 0 Å². The Bertz CT molecular complexity index is 382. The average molecular weight is 228 g/mol. The van der Waals surface area contributed by atoms with Gasteiger partial charge in [-0.25, -0.2) is 8.78 Å². The first-order valence-electron chi connectivity index (χ1n) is 4.96. The second-order valence-corrected chi connectivity index (χ2v) is 3.62. The van der Waals surface area contributed by atoms with E-state index in [4.69, 9.17) is 5.73 Å². The summed E-state index contributed by atoms with van der Waals surface area (Å²) in [6.07, 6.45) is -0.115. The Kier molecular flexibility index (Phi) is 4.37. The Hall–Kier alpha value is -1.49. The maximum absolute atomic E-state index is 13.2. The molecule has 1 atom stereocenters. The topological polar surface area (TPSA) is 55.1 Å². The van der Waals surface area contributed by atoms with Crippen LogP contribution in [0.3, 0.4) is 0 Å². The van der Waals surface area contributed by atoms with Crippen LogP contribution in [0.4, 0.5) is 8.78 Å². The molecule has 1 rings (SSSR count). The summed E-state index contributed by atoms with van der Waals surface area (Å²) in [4.78, 5) is 11.4. The molecule has 3 N–H and O–H groups in total. The number of nitrogens with two attached hydrogens (primary N) is 1. The molecule has 5 heteroatoms. The lowest BCUT2D eigenvalue weighted by Gasteiger charge is -2.11. The van der Waals surface area contributed by atoms with Gasteiger partial charge in [0.05, 0.1) is 6.42 Å². The van der Waals surface area contributed by atoms with Crippen LogP contribution in [-0.4, -0.2) is 18.5 Å². The van der Waals surface area contributed by atoms with E-state index in [9.17, 15) is 13.6 Å². The Balaban J connectivity index is 2.63. The van der Waals surface area contributed by atoms with Gasteiger partial charge < -0.3 is 11.1 Å². The van der Waals surface area contributed by atoms with Gasteiger partial charge in [0.25, 0.3) is 0 Å². The lowest BCUT2D eigenvalue weighted by atomic mass is 10.1. The lowest BCUT2D eigenvalue weighted by Crippen LogP contribution is -2.38. The van der Waals surface area contributed by atoms with Gasteiger partial charge in [-0.2, -0.15) is 0 Å². The summed E-state index contributed by atoms with van der Waals surface area (Å²) in [6, 6.07) is 2.99. The largest absolute Gasteiger partial charge is 0.352 e. The second-order valence-electron chi connectivity index (χ2n) is 3.62. The van der Waals surface area contributed by atoms with Crippen molar-refractivity contribution in [3.8, 4) is 0 Å². The Morgan fingerprint density at radius 3 is 2.75 bits per heavy atom. The van der Waals surface area contributed by atoms with Gasteiger partial charge in [-0.15, -0.1) is 0 Å². The summed E-state index contributed by atoms with van der Waals surface area (Å²) in [5.74, 6) is -1.70. The van der Waals surface area contributed by atoms with Crippen molar-refractivity contribution in [2.45, 2.75) is 19.4 Å². The third kappa shape index (κ3) is 3.58. The molecule has 1 amide bonds. The van der Waals surface area contributed by atoms with Crippen LogP contribution in [0.15, 0.2) is 18.2 Å². The first-order chi connectivity index (χ1) is 7.52. The normalized spacial score (nSPS) is 12.2. The monoisotopic (exact) mass is 228 g/mol. The van der Waals surface area contributed by atoms with Crippen LogP contribution < -0.4 is 11.1 Å².